The van der Waals surface area contributed by atoms with E-state index in [0.717, 1.165) is 0 Å². The predicted octanol–water partition coefficient (Wildman–Crippen LogP) is 2.07. The zero-order chi connectivity index (χ0) is 24.4. The number of esters is 2. The van der Waals surface area contributed by atoms with Gasteiger partial charge in [0.15, 0.2) is 0 Å². The molecule has 2 aromatic carbocycles. The van der Waals surface area contributed by atoms with E-state index in [9.17, 15) is 22.8 Å². The van der Waals surface area contributed by atoms with E-state index >= 15 is 0 Å². The van der Waals surface area contributed by atoms with Gasteiger partial charge < -0.3 is 20.5 Å². The van der Waals surface area contributed by atoms with Gasteiger partial charge in [-0.3, -0.25) is 14.3 Å². The fourth-order valence-electron chi connectivity index (χ4n) is 2.78. The van der Waals surface area contributed by atoms with Gasteiger partial charge in [0.25, 0.3) is 15.9 Å². The highest BCUT2D eigenvalue weighted by Crippen LogP contribution is 2.18. The van der Waals surface area contributed by atoms with Crippen molar-refractivity contribution in [2.45, 2.75) is 37.6 Å². The predicted molar refractivity (Wildman–Crippen MR) is 122 cm³/mol. The largest absolute Gasteiger partial charge is 0.466 e. The molecule has 11 heteroatoms. The topological polar surface area (TPSA) is 154 Å². The lowest BCUT2D eigenvalue weighted by atomic mass is 10.1. The number of nitrogens with one attached hydrogen (secondary N) is 2. The summed E-state index contributed by atoms with van der Waals surface area (Å²) in [4.78, 5) is 36.4. The van der Waals surface area contributed by atoms with Crippen molar-refractivity contribution in [3.63, 3.8) is 0 Å². The van der Waals surface area contributed by atoms with Gasteiger partial charge in [-0.2, -0.15) is 0 Å². The molecule has 33 heavy (non-hydrogen) atoms. The maximum absolute atomic E-state index is 12.6. The van der Waals surface area contributed by atoms with E-state index in [2.05, 4.69) is 10.0 Å². The van der Waals surface area contributed by atoms with E-state index in [4.69, 9.17) is 15.2 Å². The Morgan fingerprint density at radius 3 is 2.12 bits per heavy atom. The van der Waals surface area contributed by atoms with Crippen LogP contribution in [0.25, 0.3) is 0 Å². The summed E-state index contributed by atoms with van der Waals surface area (Å²) in [6, 6.07) is 10.3. The van der Waals surface area contributed by atoms with Crippen LogP contribution in [0.5, 0.6) is 0 Å². The lowest BCUT2D eigenvalue weighted by Crippen LogP contribution is -2.42. The summed E-state index contributed by atoms with van der Waals surface area (Å²) in [5.74, 6) is -1.73. The summed E-state index contributed by atoms with van der Waals surface area (Å²) in [6.45, 7) is 3.63. The molecule has 0 aromatic heterocycles. The van der Waals surface area contributed by atoms with E-state index in [-0.39, 0.29) is 42.2 Å². The molecule has 0 radical (unpaired) electrons. The van der Waals surface area contributed by atoms with Crippen LogP contribution >= 0.6 is 0 Å². The quantitative estimate of drug-likeness (QED) is 0.328. The summed E-state index contributed by atoms with van der Waals surface area (Å²) >= 11 is 0. The lowest BCUT2D eigenvalue weighted by Gasteiger charge is -2.17. The van der Waals surface area contributed by atoms with Crippen LogP contribution < -0.4 is 15.8 Å². The minimum atomic E-state index is -3.83. The van der Waals surface area contributed by atoms with E-state index in [0.29, 0.717) is 5.69 Å². The summed E-state index contributed by atoms with van der Waals surface area (Å²) < 4.78 is 37.2. The summed E-state index contributed by atoms with van der Waals surface area (Å²) in [5, 5.41) is 2.54. The number of anilines is 2. The minimum absolute atomic E-state index is 0.0167. The third-order valence-corrected chi connectivity index (χ3v) is 5.81. The van der Waals surface area contributed by atoms with Gasteiger partial charge in [0, 0.05) is 23.4 Å². The normalized spacial score (nSPS) is 11.8. The van der Waals surface area contributed by atoms with Crippen molar-refractivity contribution >= 4 is 39.2 Å². The van der Waals surface area contributed by atoms with E-state index in [1.807, 2.05) is 0 Å². The van der Waals surface area contributed by atoms with Crippen LogP contribution in [-0.4, -0.2) is 45.5 Å². The Morgan fingerprint density at radius 2 is 1.55 bits per heavy atom. The van der Waals surface area contributed by atoms with E-state index < -0.39 is 33.9 Å². The Labute approximate surface area is 192 Å². The molecule has 10 nitrogen and oxygen atoms in total. The fourth-order valence-corrected chi connectivity index (χ4v) is 3.84. The van der Waals surface area contributed by atoms with Crippen molar-refractivity contribution in [3.05, 3.63) is 54.1 Å². The molecule has 0 bridgehead atoms. The molecule has 1 unspecified atom stereocenters. The molecule has 0 aliphatic rings. The van der Waals surface area contributed by atoms with Crippen LogP contribution in [0.3, 0.4) is 0 Å². The molecule has 2 aromatic rings. The first kappa shape index (κ1) is 25.7. The second-order valence-corrected chi connectivity index (χ2v) is 8.56. The van der Waals surface area contributed by atoms with Crippen LogP contribution in [-0.2, 0) is 29.1 Å². The molecule has 0 aliphatic heterocycles. The maximum atomic E-state index is 12.6. The van der Waals surface area contributed by atoms with Crippen LogP contribution in [0.2, 0.25) is 0 Å². The van der Waals surface area contributed by atoms with Gasteiger partial charge >= 0.3 is 11.9 Å². The van der Waals surface area contributed by atoms with Gasteiger partial charge in [-0.15, -0.1) is 0 Å². The molecule has 0 saturated heterocycles. The maximum Gasteiger partial charge on any atom is 0.328 e. The number of rotatable bonds is 11. The third kappa shape index (κ3) is 7.79. The number of hydrogen-bond donors (Lipinski definition) is 3. The molecule has 4 N–H and O–H groups in total. The summed E-state index contributed by atoms with van der Waals surface area (Å²) in [5.41, 5.74) is 6.45. The molecule has 0 fully saturated rings. The zero-order valence-electron chi connectivity index (χ0n) is 18.4. The summed E-state index contributed by atoms with van der Waals surface area (Å²) in [6.07, 6.45) is -0.0493. The average molecular weight is 478 g/mol. The van der Waals surface area contributed by atoms with Gasteiger partial charge in [-0.1, -0.05) is 0 Å². The van der Waals surface area contributed by atoms with Crippen molar-refractivity contribution in [2.75, 3.05) is 23.7 Å². The standard InChI is InChI=1S/C22H27N3O7S/c1-3-31-20(26)14-13-19(22(28)32-4-2)24-21(27)15-5-9-17(10-6-15)25-33(29,30)18-11-7-16(23)8-12-18/h5-12,19,25H,3-4,13-14,23H2,1-2H3,(H,24,27). The number of carbonyl (C=O) groups excluding carboxylic acids is 3. The Bertz CT molecular complexity index is 1070. The molecule has 0 heterocycles. The number of hydrogen-bond acceptors (Lipinski definition) is 8. The lowest BCUT2D eigenvalue weighted by molar-refractivity contribution is -0.146. The SMILES string of the molecule is CCOC(=O)CCC(NC(=O)c1ccc(NS(=O)(=O)c2ccc(N)cc2)cc1)C(=O)OCC. The zero-order valence-corrected chi connectivity index (χ0v) is 19.2. The highest BCUT2D eigenvalue weighted by Gasteiger charge is 2.24. The van der Waals surface area contributed by atoms with Gasteiger partial charge in [-0.25, -0.2) is 13.2 Å². The fraction of sp³-hybridized carbons (Fsp3) is 0.318. The molecular formula is C22H27N3O7S. The van der Waals surface area contributed by atoms with Crippen LogP contribution in [0.15, 0.2) is 53.4 Å². The van der Waals surface area contributed by atoms with Gasteiger partial charge in [0.2, 0.25) is 0 Å². The number of amides is 1. The molecule has 1 amide bonds. The first-order valence-electron chi connectivity index (χ1n) is 10.3. The minimum Gasteiger partial charge on any atom is -0.466 e. The number of carbonyl (C=O) groups is 3. The van der Waals surface area contributed by atoms with Crippen LogP contribution in [0.4, 0.5) is 11.4 Å². The number of benzene rings is 2. The summed E-state index contributed by atoms with van der Waals surface area (Å²) in [7, 11) is -3.83. The molecular weight excluding hydrogens is 450 g/mol. The molecule has 178 valence electrons. The monoisotopic (exact) mass is 477 g/mol. The van der Waals surface area contributed by atoms with Crippen LogP contribution in [0, 0.1) is 0 Å². The Morgan fingerprint density at radius 1 is 0.939 bits per heavy atom. The molecule has 0 saturated carbocycles. The van der Waals surface area contributed by atoms with Crippen molar-refractivity contribution in [1.82, 2.24) is 5.32 Å². The average Bonchev–Trinajstić information content (AvgIpc) is 2.77. The highest BCUT2D eigenvalue weighted by molar-refractivity contribution is 7.92. The first-order valence-corrected chi connectivity index (χ1v) is 11.8. The van der Waals surface area contributed by atoms with Gasteiger partial charge in [0.05, 0.1) is 18.1 Å². The number of nitrogen functional groups attached to an aromatic ring is 1. The number of nitrogens with two attached hydrogens (primary N) is 1. The second kappa shape index (κ2) is 11.9. The van der Waals surface area contributed by atoms with Crippen molar-refractivity contribution < 1.29 is 32.3 Å². The second-order valence-electron chi connectivity index (χ2n) is 6.87. The molecule has 2 rings (SSSR count). The Kier molecular flexibility index (Phi) is 9.22. The smallest absolute Gasteiger partial charge is 0.328 e. The van der Waals surface area contributed by atoms with Gasteiger partial charge in [0.1, 0.15) is 6.04 Å². The van der Waals surface area contributed by atoms with Gasteiger partial charge in [-0.05, 0) is 68.8 Å². The van der Waals surface area contributed by atoms with E-state index in [1.165, 1.54) is 48.5 Å². The first-order chi connectivity index (χ1) is 15.7. The van der Waals surface area contributed by atoms with E-state index in [1.54, 1.807) is 13.8 Å². The number of ether oxygens (including phenoxy) is 2. The molecule has 0 spiro atoms. The molecule has 0 aliphatic carbocycles. The van der Waals surface area contributed by atoms with Crippen LogP contribution in [0.1, 0.15) is 37.0 Å². The Hall–Kier alpha value is -3.60. The van der Waals surface area contributed by atoms with Crippen molar-refractivity contribution in [3.8, 4) is 0 Å². The highest BCUT2D eigenvalue weighted by atomic mass is 32.2. The number of sulfonamides is 1. The third-order valence-electron chi connectivity index (χ3n) is 4.41. The van der Waals surface area contributed by atoms with Crippen molar-refractivity contribution in [1.29, 1.82) is 0 Å². The Balaban J connectivity index is 2.06. The van der Waals surface area contributed by atoms with Crippen molar-refractivity contribution in [2.24, 2.45) is 0 Å². The molecule has 1 atom stereocenters.